The van der Waals surface area contributed by atoms with Gasteiger partial charge < -0.3 is 0 Å². The average molecular weight is 381 g/mol. The minimum Gasteiger partial charge on any atom is -0.256 e. The Bertz CT molecular complexity index is 1320. The summed E-state index contributed by atoms with van der Waals surface area (Å²) in [5.74, 6) is 1.21. The zero-order valence-electron chi connectivity index (χ0n) is 14.4. The van der Waals surface area contributed by atoms with E-state index >= 15 is 0 Å². The maximum absolute atomic E-state index is 9.44. The molecule has 0 aliphatic heterocycles. The molecule has 8 heteroatoms. The van der Waals surface area contributed by atoms with Gasteiger partial charge in [0.05, 0.1) is 5.39 Å². The van der Waals surface area contributed by atoms with Crippen LogP contribution in [-0.2, 0) is 0 Å². The van der Waals surface area contributed by atoms with E-state index < -0.39 is 0 Å². The molecule has 0 amide bonds. The summed E-state index contributed by atoms with van der Waals surface area (Å²) in [6.45, 7) is 0. The van der Waals surface area contributed by atoms with Crippen LogP contribution in [0.4, 0.5) is 0 Å². The van der Waals surface area contributed by atoms with Crippen molar-refractivity contribution in [3.63, 3.8) is 0 Å². The number of nitriles is 1. The average Bonchev–Trinajstić information content (AvgIpc) is 3.41. The second kappa shape index (κ2) is 6.64. The quantitative estimate of drug-likeness (QED) is 0.471. The normalized spacial score (nSPS) is 10.8. The summed E-state index contributed by atoms with van der Waals surface area (Å²) in [6, 6.07) is 17.7. The molecule has 5 aromatic rings. The first-order chi connectivity index (χ1) is 13.8. The summed E-state index contributed by atoms with van der Waals surface area (Å²) in [6.07, 6.45) is 3.20. The lowest BCUT2D eigenvalue weighted by Crippen LogP contribution is -2.04. The number of benzene rings is 1. The lowest BCUT2D eigenvalue weighted by Gasteiger charge is -2.09. The first-order valence-electron chi connectivity index (χ1n) is 8.41. The van der Waals surface area contributed by atoms with Gasteiger partial charge in [-0.1, -0.05) is 36.4 Å². The Labute approximate surface area is 163 Å². The van der Waals surface area contributed by atoms with E-state index in [-0.39, 0.29) is 5.82 Å². The molecule has 0 saturated heterocycles. The Morgan fingerprint density at radius 2 is 1.86 bits per heavy atom. The van der Waals surface area contributed by atoms with E-state index in [0.717, 1.165) is 21.3 Å². The van der Waals surface area contributed by atoms with Crippen molar-refractivity contribution < 1.29 is 0 Å². The Balaban J connectivity index is 1.85. The lowest BCUT2D eigenvalue weighted by molar-refractivity contribution is 0.971. The number of pyridine rings is 1. The van der Waals surface area contributed by atoms with E-state index in [0.29, 0.717) is 17.3 Å². The molecule has 0 radical (unpaired) electrons. The molecule has 0 aliphatic rings. The van der Waals surface area contributed by atoms with Crippen LogP contribution in [0.15, 0.2) is 66.4 Å². The summed E-state index contributed by atoms with van der Waals surface area (Å²) in [5.41, 5.74) is 2.71. The molecule has 7 nitrogen and oxygen atoms in total. The van der Waals surface area contributed by atoms with Crippen LogP contribution >= 0.6 is 11.3 Å². The van der Waals surface area contributed by atoms with Crippen LogP contribution in [0.2, 0.25) is 0 Å². The van der Waals surface area contributed by atoms with Crippen LogP contribution in [0.5, 0.6) is 0 Å². The third-order valence-corrected chi connectivity index (χ3v) is 5.14. The van der Waals surface area contributed by atoms with Gasteiger partial charge in [-0.3, -0.25) is 9.55 Å². The molecule has 0 saturated carbocycles. The molecule has 5 rings (SSSR count). The first-order valence-corrected chi connectivity index (χ1v) is 9.29. The van der Waals surface area contributed by atoms with Crippen molar-refractivity contribution in [2.45, 2.75) is 0 Å². The predicted octanol–water partition coefficient (Wildman–Crippen LogP) is 3.87. The maximum Gasteiger partial charge on any atom is 0.240 e. The fourth-order valence-corrected chi connectivity index (χ4v) is 3.95. The highest BCUT2D eigenvalue weighted by Gasteiger charge is 2.19. The van der Waals surface area contributed by atoms with Gasteiger partial charge in [-0.2, -0.15) is 5.26 Å². The molecular formula is C20H11N7S. The minimum absolute atomic E-state index is 0.164. The van der Waals surface area contributed by atoms with Gasteiger partial charge in [0.2, 0.25) is 5.82 Å². The summed E-state index contributed by atoms with van der Waals surface area (Å²) < 4.78 is 1.59. The molecule has 4 heterocycles. The molecule has 0 unspecified atom stereocenters. The van der Waals surface area contributed by atoms with E-state index in [1.807, 2.05) is 48.5 Å². The van der Waals surface area contributed by atoms with E-state index in [1.54, 1.807) is 10.8 Å². The maximum atomic E-state index is 9.44. The predicted molar refractivity (Wildman–Crippen MR) is 106 cm³/mol. The molecule has 132 valence electrons. The molecule has 0 spiro atoms. The summed E-state index contributed by atoms with van der Waals surface area (Å²) in [7, 11) is 0. The van der Waals surface area contributed by atoms with E-state index in [9.17, 15) is 5.26 Å². The van der Waals surface area contributed by atoms with Gasteiger partial charge in [-0.25, -0.2) is 9.97 Å². The van der Waals surface area contributed by atoms with Crippen LogP contribution < -0.4 is 0 Å². The highest BCUT2D eigenvalue weighted by Crippen LogP contribution is 2.37. The minimum atomic E-state index is 0.164. The van der Waals surface area contributed by atoms with Crippen LogP contribution in [0.25, 0.3) is 38.7 Å². The molecule has 0 atom stereocenters. The molecule has 0 fully saturated rings. The summed E-state index contributed by atoms with van der Waals surface area (Å²) >= 11 is 1.53. The van der Waals surface area contributed by atoms with E-state index in [4.69, 9.17) is 9.97 Å². The topological polar surface area (TPSA) is 93.2 Å². The van der Waals surface area contributed by atoms with E-state index in [2.05, 4.69) is 26.6 Å². The van der Waals surface area contributed by atoms with E-state index in [1.165, 1.54) is 17.7 Å². The van der Waals surface area contributed by atoms with Gasteiger partial charge in [0, 0.05) is 17.1 Å². The van der Waals surface area contributed by atoms with Crippen molar-refractivity contribution in [3.8, 4) is 34.5 Å². The van der Waals surface area contributed by atoms with Gasteiger partial charge in [0.1, 0.15) is 22.9 Å². The van der Waals surface area contributed by atoms with Crippen LogP contribution in [0.3, 0.4) is 0 Å². The van der Waals surface area contributed by atoms with Crippen LogP contribution in [-0.4, -0.2) is 29.7 Å². The number of thiophene rings is 1. The first kappa shape index (κ1) is 16.2. The van der Waals surface area contributed by atoms with Crippen molar-refractivity contribution in [2.24, 2.45) is 0 Å². The molecule has 0 aliphatic carbocycles. The van der Waals surface area contributed by atoms with Gasteiger partial charge >= 0.3 is 0 Å². The Hall–Kier alpha value is -3.96. The van der Waals surface area contributed by atoms with Crippen molar-refractivity contribution in [1.82, 2.24) is 29.7 Å². The molecule has 28 heavy (non-hydrogen) atoms. The zero-order valence-corrected chi connectivity index (χ0v) is 15.2. The second-order valence-corrected chi connectivity index (χ2v) is 6.78. The molecule has 1 aromatic carbocycles. The highest BCUT2D eigenvalue weighted by atomic mass is 32.1. The summed E-state index contributed by atoms with van der Waals surface area (Å²) in [4.78, 5) is 14.6. The number of hydrogen-bond donors (Lipinski definition) is 0. The number of rotatable bonds is 3. The summed E-state index contributed by atoms with van der Waals surface area (Å²) in [5, 5.41) is 20.1. The number of hydrogen-bond acceptors (Lipinski definition) is 7. The van der Waals surface area contributed by atoms with Gasteiger partial charge in [-0.15, -0.1) is 21.5 Å². The smallest absolute Gasteiger partial charge is 0.240 e. The zero-order chi connectivity index (χ0) is 18.9. The Morgan fingerprint density at radius 1 is 1.00 bits per heavy atom. The van der Waals surface area contributed by atoms with Crippen LogP contribution in [0.1, 0.15) is 5.82 Å². The molecular weight excluding hydrogens is 370 g/mol. The molecule has 0 bridgehead atoms. The van der Waals surface area contributed by atoms with Crippen LogP contribution in [0, 0.1) is 11.3 Å². The van der Waals surface area contributed by atoms with Gasteiger partial charge in [-0.05, 0) is 17.7 Å². The fraction of sp³-hybridized carbons (Fsp3) is 0. The van der Waals surface area contributed by atoms with Crippen molar-refractivity contribution >= 4 is 21.6 Å². The third kappa shape index (κ3) is 2.62. The largest absolute Gasteiger partial charge is 0.256 e. The number of aromatic nitrogens is 6. The number of nitrogens with zero attached hydrogens (tertiary/aromatic N) is 7. The third-order valence-electron chi connectivity index (χ3n) is 4.27. The fourth-order valence-electron chi connectivity index (χ4n) is 3.00. The van der Waals surface area contributed by atoms with Crippen molar-refractivity contribution in [1.29, 1.82) is 5.26 Å². The lowest BCUT2D eigenvalue weighted by atomic mass is 10.1. The molecule has 4 aromatic heterocycles. The SMILES string of the molecule is N#Cc1nncn1-c1nc(-c2ccccn2)nc2scc(-c3ccccc3)c12. The van der Waals surface area contributed by atoms with Gasteiger partial charge in [0.15, 0.2) is 11.6 Å². The van der Waals surface area contributed by atoms with Crippen molar-refractivity contribution in [2.75, 3.05) is 0 Å². The molecule has 0 N–H and O–H groups in total. The second-order valence-electron chi connectivity index (χ2n) is 5.92. The highest BCUT2D eigenvalue weighted by molar-refractivity contribution is 7.17. The number of fused-ring (bicyclic) bond motifs is 1. The Kier molecular flexibility index (Phi) is 3.85. The monoisotopic (exact) mass is 381 g/mol. The standard InChI is InChI=1S/C20H11N7S/c21-10-16-26-23-12-27(16)19-17-14(13-6-2-1-3-7-13)11-28-20(17)25-18(24-19)15-8-4-5-9-22-15/h1-9,11-12H. The van der Waals surface area contributed by atoms with Gasteiger partial charge in [0.25, 0.3) is 0 Å². The van der Waals surface area contributed by atoms with Crippen molar-refractivity contribution in [3.05, 3.63) is 72.3 Å². The Morgan fingerprint density at radius 3 is 2.64 bits per heavy atom.